The first kappa shape index (κ1) is 17.8. The molecule has 27 heavy (non-hydrogen) atoms. The Morgan fingerprint density at radius 1 is 0.593 bits per heavy atom. The third-order valence-corrected chi connectivity index (χ3v) is 3.43. The molecule has 0 saturated carbocycles. The SMILES string of the molecule is O=C(OOC(=O)c1ccccc1)c1ccccc1.c1ccc2n[nH]nc2c1. The van der Waals surface area contributed by atoms with Gasteiger partial charge >= 0.3 is 11.9 Å². The summed E-state index contributed by atoms with van der Waals surface area (Å²) in [6, 6.07) is 24.3. The van der Waals surface area contributed by atoms with Gasteiger partial charge in [0.15, 0.2) is 0 Å². The van der Waals surface area contributed by atoms with E-state index in [1.807, 2.05) is 24.3 Å². The van der Waals surface area contributed by atoms with E-state index in [0.29, 0.717) is 11.1 Å². The first-order valence-corrected chi connectivity index (χ1v) is 8.03. The van der Waals surface area contributed by atoms with Gasteiger partial charge < -0.3 is 0 Å². The number of aromatic amines is 1. The van der Waals surface area contributed by atoms with Crippen LogP contribution in [0.1, 0.15) is 20.7 Å². The van der Waals surface area contributed by atoms with Crippen LogP contribution in [0.4, 0.5) is 0 Å². The molecule has 1 heterocycles. The molecule has 3 aromatic carbocycles. The van der Waals surface area contributed by atoms with Crippen LogP contribution in [-0.2, 0) is 9.78 Å². The molecule has 0 aliphatic carbocycles. The van der Waals surface area contributed by atoms with Crippen LogP contribution in [0.2, 0.25) is 0 Å². The minimum Gasteiger partial charge on any atom is -0.242 e. The van der Waals surface area contributed by atoms with Crippen LogP contribution in [0.3, 0.4) is 0 Å². The van der Waals surface area contributed by atoms with Gasteiger partial charge in [-0.2, -0.15) is 15.4 Å². The molecule has 1 N–H and O–H groups in total. The van der Waals surface area contributed by atoms with Gasteiger partial charge in [-0.25, -0.2) is 19.4 Å². The summed E-state index contributed by atoms with van der Waals surface area (Å²) < 4.78 is 0. The number of hydrogen-bond donors (Lipinski definition) is 1. The molecular weight excluding hydrogens is 346 g/mol. The average molecular weight is 361 g/mol. The molecule has 0 unspecified atom stereocenters. The van der Waals surface area contributed by atoms with Gasteiger partial charge in [-0.3, -0.25) is 0 Å². The lowest BCUT2D eigenvalue weighted by atomic mass is 10.2. The molecule has 0 atom stereocenters. The zero-order chi connectivity index (χ0) is 18.9. The normalized spacial score (nSPS) is 9.78. The van der Waals surface area contributed by atoms with Gasteiger partial charge in [-0.05, 0) is 36.4 Å². The highest BCUT2D eigenvalue weighted by Crippen LogP contribution is 2.05. The van der Waals surface area contributed by atoms with E-state index >= 15 is 0 Å². The number of benzene rings is 3. The molecule has 0 fully saturated rings. The summed E-state index contributed by atoms with van der Waals surface area (Å²) in [5.74, 6) is -1.42. The van der Waals surface area contributed by atoms with Crippen molar-refractivity contribution in [2.24, 2.45) is 0 Å². The first-order valence-electron chi connectivity index (χ1n) is 8.03. The largest absolute Gasteiger partial charge is 0.386 e. The fraction of sp³-hybridized carbons (Fsp3) is 0. The van der Waals surface area contributed by atoms with Crippen LogP contribution in [0.25, 0.3) is 11.0 Å². The molecule has 0 amide bonds. The fourth-order valence-corrected chi connectivity index (χ4v) is 2.11. The molecule has 134 valence electrons. The monoisotopic (exact) mass is 361 g/mol. The molecule has 0 aliphatic rings. The molecule has 4 rings (SSSR count). The summed E-state index contributed by atoms with van der Waals surface area (Å²) >= 11 is 0. The Morgan fingerprint density at radius 2 is 0.963 bits per heavy atom. The number of H-pyrrole nitrogens is 1. The predicted octanol–water partition coefficient (Wildman–Crippen LogP) is 3.57. The Hall–Kier alpha value is -4.00. The van der Waals surface area contributed by atoms with Crippen molar-refractivity contribution in [3.63, 3.8) is 0 Å². The van der Waals surface area contributed by atoms with E-state index in [1.54, 1.807) is 60.7 Å². The molecule has 7 heteroatoms. The summed E-state index contributed by atoms with van der Waals surface area (Å²) in [7, 11) is 0. The van der Waals surface area contributed by atoms with Gasteiger partial charge in [0.2, 0.25) is 0 Å². The maximum absolute atomic E-state index is 11.5. The van der Waals surface area contributed by atoms with Crippen molar-refractivity contribution in [3.8, 4) is 0 Å². The number of carbonyl (C=O) groups is 2. The van der Waals surface area contributed by atoms with E-state index < -0.39 is 11.9 Å². The average Bonchev–Trinajstić information content (AvgIpc) is 3.22. The van der Waals surface area contributed by atoms with Crippen LogP contribution >= 0.6 is 0 Å². The Balaban J connectivity index is 0.000000193. The van der Waals surface area contributed by atoms with Crippen molar-refractivity contribution in [1.82, 2.24) is 15.4 Å². The highest BCUT2D eigenvalue weighted by atomic mass is 17.2. The molecule has 0 saturated heterocycles. The van der Waals surface area contributed by atoms with Crippen LogP contribution < -0.4 is 0 Å². The van der Waals surface area contributed by atoms with E-state index in [-0.39, 0.29) is 0 Å². The maximum Gasteiger partial charge on any atom is 0.386 e. The van der Waals surface area contributed by atoms with Crippen LogP contribution in [0.15, 0.2) is 84.9 Å². The number of aromatic nitrogens is 3. The lowest BCUT2D eigenvalue weighted by Crippen LogP contribution is -2.11. The molecular formula is C20H15N3O4. The topological polar surface area (TPSA) is 94.2 Å². The zero-order valence-corrected chi connectivity index (χ0v) is 14.1. The van der Waals surface area contributed by atoms with Gasteiger partial charge in [0.25, 0.3) is 0 Å². The molecule has 0 spiro atoms. The van der Waals surface area contributed by atoms with Gasteiger partial charge in [0.05, 0.1) is 11.1 Å². The predicted molar refractivity (Wildman–Crippen MR) is 97.6 cm³/mol. The standard InChI is InChI=1S/C14H10O4.C6H5N3/c15-13(11-7-3-1-4-8-11)17-18-14(16)12-9-5-2-6-10-12;1-2-4-6-5(3-1)7-9-8-6/h1-10H;1-4H,(H,7,8,9). The molecule has 1 aromatic heterocycles. The van der Waals surface area contributed by atoms with Crippen LogP contribution in [0.5, 0.6) is 0 Å². The van der Waals surface area contributed by atoms with Gasteiger partial charge in [-0.1, -0.05) is 48.5 Å². The third-order valence-electron chi connectivity index (χ3n) is 3.43. The van der Waals surface area contributed by atoms with Crippen molar-refractivity contribution >= 4 is 23.0 Å². The van der Waals surface area contributed by atoms with Gasteiger partial charge in [0, 0.05) is 0 Å². The Labute approximate surface area is 154 Å². The summed E-state index contributed by atoms with van der Waals surface area (Å²) in [5.41, 5.74) is 2.46. The second kappa shape index (κ2) is 8.91. The van der Waals surface area contributed by atoms with E-state index in [0.717, 1.165) is 11.0 Å². The summed E-state index contributed by atoms with van der Waals surface area (Å²) in [6.45, 7) is 0. The molecule has 4 aromatic rings. The van der Waals surface area contributed by atoms with E-state index in [2.05, 4.69) is 25.2 Å². The van der Waals surface area contributed by atoms with Gasteiger partial charge in [0.1, 0.15) is 11.0 Å². The number of carbonyl (C=O) groups excluding carboxylic acids is 2. The maximum atomic E-state index is 11.5. The van der Waals surface area contributed by atoms with Crippen molar-refractivity contribution < 1.29 is 19.4 Å². The highest BCUT2D eigenvalue weighted by Gasteiger charge is 2.12. The second-order valence-electron chi connectivity index (χ2n) is 5.29. The minimum atomic E-state index is -0.708. The summed E-state index contributed by atoms with van der Waals surface area (Å²) in [5, 5.41) is 10.3. The highest BCUT2D eigenvalue weighted by molar-refractivity contribution is 5.92. The lowest BCUT2D eigenvalue weighted by molar-refractivity contribution is -0.187. The molecule has 0 bridgehead atoms. The summed E-state index contributed by atoms with van der Waals surface area (Å²) in [6.07, 6.45) is 0. The van der Waals surface area contributed by atoms with Crippen molar-refractivity contribution in [2.75, 3.05) is 0 Å². The van der Waals surface area contributed by atoms with Crippen LogP contribution in [0, 0.1) is 0 Å². The number of fused-ring (bicyclic) bond motifs is 1. The summed E-state index contributed by atoms with van der Waals surface area (Å²) in [4.78, 5) is 31.9. The molecule has 7 nitrogen and oxygen atoms in total. The van der Waals surface area contributed by atoms with Crippen molar-refractivity contribution in [1.29, 1.82) is 0 Å². The Morgan fingerprint density at radius 3 is 1.37 bits per heavy atom. The van der Waals surface area contributed by atoms with Crippen LogP contribution in [-0.4, -0.2) is 27.3 Å². The van der Waals surface area contributed by atoms with E-state index in [1.165, 1.54) is 0 Å². The number of nitrogens with zero attached hydrogens (tertiary/aromatic N) is 2. The number of para-hydroxylation sites is 2. The van der Waals surface area contributed by atoms with Gasteiger partial charge in [-0.15, -0.1) is 0 Å². The smallest absolute Gasteiger partial charge is 0.242 e. The number of nitrogens with one attached hydrogen (secondary N) is 1. The fourth-order valence-electron chi connectivity index (χ4n) is 2.11. The third kappa shape index (κ3) is 4.99. The number of rotatable bonds is 2. The number of hydrogen-bond acceptors (Lipinski definition) is 6. The van der Waals surface area contributed by atoms with Crippen molar-refractivity contribution in [2.45, 2.75) is 0 Å². The minimum absolute atomic E-state index is 0.318. The Kier molecular flexibility index (Phi) is 5.88. The van der Waals surface area contributed by atoms with E-state index in [9.17, 15) is 9.59 Å². The first-order chi connectivity index (χ1) is 13.2. The molecule has 0 aliphatic heterocycles. The quantitative estimate of drug-likeness (QED) is 0.433. The zero-order valence-electron chi connectivity index (χ0n) is 14.1. The second-order valence-corrected chi connectivity index (χ2v) is 5.29. The Bertz CT molecular complexity index is 935. The van der Waals surface area contributed by atoms with Crippen molar-refractivity contribution in [3.05, 3.63) is 96.1 Å². The van der Waals surface area contributed by atoms with E-state index in [4.69, 9.17) is 0 Å². The lowest BCUT2D eigenvalue weighted by Gasteiger charge is -2.02. The molecule has 0 radical (unpaired) electrons.